The van der Waals surface area contributed by atoms with Gasteiger partial charge in [0.1, 0.15) is 5.82 Å². The number of aryl methyl sites for hydroxylation is 2. The van der Waals surface area contributed by atoms with Gasteiger partial charge in [0.15, 0.2) is 0 Å². The number of anilines is 2. The molecular formula is C21H27N3O2S. The minimum absolute atomic E-state index is 0.331. The van der Waals surface area contributed by atoms with Gasteiger partial charge in [0, 0.05) is 13.1 Å². The van der Waals surface area contributed by atoms with Gasteiger partial charge in [-0.15, -0.1) is 0 Å². The molecule has 1 aromatic carbocycles. The number of piperidine rings is 1. The van der Waals surface area contributed by atoms with Gasteiger partial charge < -0.3 is 4.90 Å². The third-order valence-corrected chi connectivity index (χ3v) is 6.99. The molecule has 5 nitrogen and oxygen atoms in total. The number of nitrogens with one attached hydrogen (secondary N) is 1. The molecule has 1 aromatic heterocycles. The van der Waals surface area contributed by atoms with Crippen molar-refractivity contribution >= 4 is 21.5 Å². The monoisotopic (exact) mass is 385 g/mol. The van der Waals surface area contributed by atoms with Crippen molar-refractivity contribution in [2.24, 2.45) is 5.92 Å². The number of fused-ring (bicyclic) bond motifs is 1. The van der Waals surface area contributed by atoms with Crippen molar-refractivity contribution in [1.29, 1.82) is 0 Å². The minimum Gasteiger partial charge on any atom is -0.356 e. The lowest BCUT2D eigenvalue weighted by atomic mass is 9.92. The van der Waals surface area contributed by atoms with E-state index in [1.165, 1.54) is 24.8 Å². The van der Waals surface area contributed by atoms with E-state index in [0.29, 0.717) is 16.5 Å². The van der Waals surface area contributed by atoms with Crippen LogP contribution in [0.5, 0.6) is 0 Å². The van der Waals surface area contributed by atoms with Crippen molar-refractivity contribution in [2.45, 2.75) is 50.3 Å². The van der Waals surface area contributed by atoms with Crippen LogP contribution in [0.2, 0.25) is 0 Å². The maximum atomic E-state index is 12.8. The number of nitrogens with zero attached hydrogens (tertiary/aromatic N) is 2. The molecule has 4 rings (SSSR count). The smallest absolute Gasteiger partial charge is 0.261 e. The predicted molar refractivity (Wildman–Crippen MR) is 109 cm³/mol. The van der Waals surface area contributed by atoms with Crippen LogP contribution in [0, 0.1) is 5.92 Å². The first kappa shape index (κ1) is 18.3. The van der Waals surface area contributed by atoms with E-state index in [1.54, 1.807) is 18.3 Å². The van der Waals surface area contributed by atoms with E-state index in [1.807, 2.05) is 18.2 Å². The summed E-state index contributed by atoms with van der Waals surface area (Å²) in [4.78, 5) is 7.09. The first-order chi connectivity index (χ1) is 13.0. The summed E-state index contributed by atoms with van der Waals surface area (Å²) in [6.45, 7) is 4.28. The topological polar surface area (TPSA) is 62.3 Å². The van der Waals surface area contributed by atoms with E-state index in [9.17, 15) is 8.42 Å². The van der Waals surface area contributed by atoms with Crippen LogP contribution in [-0.2, 0) is 22.9 Å². The van der Waals surface area contributed by atoms with Gasteiger partial charge in [-0.1, -0.05) is 13.0 Å². The molecule has 27 heavy (non-hydrogen) atoms. The van der Waals surface area contributed by atoms with Gasteiger partial charge in [-0.2, -0.15) is 0 Å². The third-order valence-electron chi connectivity index (χ3n) is 5.61. The number of aromatic nitrogens is 1. The van der Waals surface area contributed by atoms with Crippen LogP contribution < -0.4 is 9.62 Å². The van der Waals surface area contributed by atoms with E-state index in [4.69, 9.17) is 0 Å². The molecule has 1 N–H and O–H groups in total. The summed E-state index contributed by atoms with van der Waals surface area (Å²) in [5.74, 6) is 1.58. The lowest BCUT2D eigenvalue weighted by Gasteiger charge is -2.31. The zero-order valence-electron chi connectivity index (χ0n) is 15.8. The van der Waals surface area contributed by atoms with Gasteiger partial charge in [-0.25, -0.2) is 13.4 Å². The highest BCUT2D eigenvalue weighted by atomic mass is 32.2. The molecule has 0 saturated carbocycles. The second-order valence-corrected chi connectivity index (χ2v) is 9.52. The fraction of sp³-hybridized carbons (Fsp3) is 0.476. The van der Waals surface area contributed by atoms with E-state index in [0.717, 1.165) is 43.7 Å². The molecule has 1 aliphatic carbocycles. The Balaban J connectivity index is 1.49. The maximum absolute atomic E-state index is 12.8. The van der Waals surface area contributed by atoms with Crippen molar-refractivity contribution in [3.8, 4) is 0 Å². The van der Waals surface area contributed by atoms with Crippen LogP contribution in [-0.4, -0.2) is 26.5 Å². The van der Waals surface area contributed by atoms with Crippen LogP contribution in [0.1, 0.15) is 43.7 Å². The largest absolute Gasteiger partial charge is 0.356 e. The summed E-state index contributed by atoms with van der Waals surface area (Å²) < 4.78 is 28.2. The Kier molecular flexibility index (Phi) is 5.08. The van der Waals surface area contributed by atoms with Crippen molar-refractivity contribution in [3.63, 3.8) is 0 Å². The van der Waals surface area contributed by atoms with Gasteiger partial charge in [0.05, 0.1) is 16.8 Å². The summed E-state index contributed by atoms with van der Waals surface area (Å²) in [6.07, 6.45) is 8.37. The summed E-state index contributed by atoms with van der Waals surface area (Å²) in [5, 5.41) is 0. The first-order valence-electron chi connectivity index (χ1n) is 9.87. The summed E-state index contributed by atoms with van der Waals surface area (Å²) in [6, 6.07) is 9.21. The molecule has 2 heterocycles. The Bertz CT molecular complexity index is 910. The van der Waals surface area contributed by atoms with Crippen LogP contribution in [0.3, 0.4) is 0 Å². The molecule has 2 aromatic rings. The van der Waals surface area contributed by atoms with E-state index in [-0.39, 0.29) is 0 Å². The van der Waals surface area contributed by atoms with Crippen LogP contribution >= 0.6 is 0 Å². The van der Waals surface area contributed by atoms with E-state index in [2.05, 4.69) is 21.5 Å². The highest BCUT2D eigenvalue weighted by Gasteiger charge is 2.20. The molecule has 1 unspecified atom stereocenters. The molecule has 2 aliphatic rings. The molecule has 0 spiro atoms. The standard InChI is InChI=1S/C21H27N3O2S/c1-16-5-4-12-24(15-16)21-11-9-19(14-22-21)23-27(25,26)20-10-8-17-6-2-3-7-18(17)13-20/h8-11,13-14,16,23H,2-7,12,15H2,1H3. The molecular weight excluding hydrogens is 358 g/mol. The average Bonchev–Trinajstić information content (AvgIpc) is 2.68. The Morgan fingerprint density at radius 2 is 1.89 bits per heavy atom. The van der Waals surface area contributed by atoms with Gasteiger partial charge in [0.2, 0.25) is 0 Å². The SMILES string of the molecule is CC1CCCN(c2ccc(NS(=O)(=O)c3ccc4c(c3)CCCC4)cn2)C1. The maximum Gasteiger partial charge on any atom is 0.261 e. The number of pyridine rings is 1. The van der Waals surface area contributed by atoms with E-state index >= 15 is 0 Å². The molecule has 6 heteroatoms. The highest BCUT2D eigenvalue weighted by molar-refractivity contribution is 7.92. The zero-order valence-corrected chi connectivity index (χ0v) is 16.6. The summed E-state index contributed by atoms with van der Waals surface area (Å²) in [5.41, 5.74) is 2.94. The molecule has 1 saturated heterocycles. The molecule has 1 fully saturated rings. The lowest BCUT2D eigenvalue weighted by Crippen LogP contribution is -2.34. The fourth-order valence-corrected chi connectivity index (χ4v) is 5.22. The second-order valence-electron chi connectivity index (χ2n) is 7.84. The van der Waals surface area contributed by atoms with Crippen molar-refractivity contribution in [1.82, 2.24) is 4.98 Å². The zero-order chi connectivity index (χ0) is 18.9. The van der Waals surface area contributed by atoms with Gasteiger partial charge in [-0.3, -0.25) is 4.72 Å². The molecule has 1 aliphatic heterocycles. The van der Waals surface area contributed by atoms with Gasteiger partial charge in [-0.05, 0) is 79.8 Å². The van der Waals surface area contributed by atoms with Crippen LogP contribution in [0.25, 0.3) is 0 Å². The van der Waals surface area contributed by atoms with Crippen molar-refractivity contribution in [2.75, 3.05) is 22.7 Å². The average molecular weight is 386 g/mol. The van der Waals surface area contributed by atoms with Crippen LogP contribution in [0.4, 0.5) is 11.5 Å². The number of hydrogen-bond acceptors (Lipinski definition) is 4. The Labute approximate surface area is 161 Å². The fourth-order valence-electron chi connectivity index (χ4n) is 4.12. The van der Waals surface area contributed by atoms with Gasteiger partial charge in [0.25, 0.3) is 10.0 Å². The number of hydrogen-bond donors (Lipinski definition) is 1. The third kappa shape index (κ3) is 4.10. The normalized spacial score (nSPS) is 20.2. The molecule has 0 bridgehead atoms. The number of sulfonamides is 1. The quantitative estimate of drug-likeness (QED) is 0.864. The highest BCUT2D eigenvalue weighted by Crippen LogP contribution is 2.26. The van der Waals surface area contributed by atoms with E-state index < -0.39 is 10.0 Å². The van der Waals surface area contributed by atoms with Crippen molar-refractivity contribution < 1.29 is 8.42 Å². The Morgan fingerprint density at radius 3 is 2.63 bits per heavy atom. The molecule has 0 amide bonds. The number of benzene rings is 1. The number of rotatable bonds is 4. The predicted octanol–water partition coefficient (Wildman–Crippen LogP) is 4.00. The summed E-state index contributed by atoms with van der Waals surface area (Å²) >= 11 is 0. The Morgan fingerprint density at radius 1 is 1.07 bits per heavy atom. The minimum atomic E-state index is -3.60. The lowest BCUT2D eigenvalue weighted by molar-refractivity contribution is 0.444. The second kappa shape index (κ2) is 7.50. The Hall–Kier alpha value is -2.08. The first-order valence-corrected chi connectivity index (χ1v) is 11.4. The summed E-state index contributed by atoms with van der Waals surface area (Å²) in [7, 11) is -3.60. The van der Waals surface area contributed by atoms with Gasteiger partial charge >= 0.3 is 0 Å². The molecule has 0 radical (unpaired) electrons. The molecule has 1 atom stereocenters. The van der Waals surface area contributed by atoms with Crippen LogP contribution in [0.15, 0.2) is 41.4 Å². The van der Waals surface area contributed by atoms with Crippen molar-refractivity contribution in [3.05, 3.63) is 47.7 Å². The molecule has 144 valence electrons.